The Bertz CT molecular complexity index is 893. The molecule has 0 saturated carbocycles. The predicted molar refractivity (Wildman–Crippen MR) is 113 cm³/mol. The van der Waals surface area contributed by atoms with E-state index in [1.165, 1.54) is 20.3 Å². The number of carbonyl (C=O) groups is 3. The van der Waals surface area contributed by atoms with E-state index in [0.717, 1.165) is 18.4 Å². The number of amides is 1. The van der Waals surface area contributed by atoms with Gasteiger partial charge in [-0.1, -0.05) is 25.5 Å². The zero-order valence-electron chi connectivity index (χ0n) is 17.9. The lowest BCUT2D eigenvalue weighted by Crippen LogP contribution is -2.28. The molecular weight excluding hydrogens is 402 g/mol. The van der Waals surface area contributed by atoms with Crippen LogP contribution in [-0.2, 0) is 20.8 Å². The van der Waals surface area contributed by atoms with Gasteiger partial charge in [0.1, 0.15) is 0 Å². The van der Waals surface area contributed by atoms with Gasteiger partial charge >= 0.3 is 11.9 Å². The predicted octanol–water partition coefficient (Wildman–Crippen LogP) is 3.13. The van der Waals surface area contributed by atoms with Crippen LogP contribution in [0.4, 0.5) is 0 Å². The summed E-state index contributed by atoms with van der Waals surface area (Å²) < 4.78 is 20.6. The fourth-order valence-electron chi connectivity index (χ4n) is 2.58. The summed E-state index contributed by atoms with van der Waals surface area (Å²) in [6, 6.07) is 11.3. The van der Waals surface area contributed by atoms with E-state index >= 15 is 0 Å². The Morgan fingerprint density at radius 2 is 1.61 bits per heavy atom. The van der Waals surface area contributed by atoms with Crippen LogP contribution < -0.4 is 14.8 Å². The number of esters is 2. The van der Waals surface area contributed by atoms with Crippen LogP contribution in [0.25, 0.3) is 0 Å². The van der Waals surface area contributed by atoms with Crippen molar-refractivity contribution >= 4 is 17.8 Å². The highest BCUT2D eigenvalue weighted by atomic mass is 16.5. The van der Waals surface area contributed by atoms with Gasteiger partial charge in [-0.25, -0.2) is 9.59 Å². The van der Waals surface area contributed by atoms with E-state index in [9.17, 15) is 14.4 Å². The van der Waals surface area contributed by atoms with Crippen molar-refractivity contribution in [1.29, 1.82) is 0 Å². The third kappa shape index (κ3) is 7.33. The Balaban J connectivity index is 1.83. The standard InChI is InChI=1S/C23H27NO7/c1-4-5-12-30-19-11-10-18(13-20(19)28-2)23(27)31-15-21(25)24-14-16-6-8-17(9-7-16)22(26)29-3/h6-11,13H,4-5,12,14-15H2,1-3H3,(H,24,25). The zero-order valence-corrected chi connectivity index (χ0v) is 17.9. The monoisotopic (exact) mass is 429 g/mol. The Kier molecular flexibility index (Phi) is 9.35. The first-order valence-electron chi connectivity index (χ1n) is 9.90. The van der Waals surface area contributed by atoms with Gasteiger partial charge in [-0.2, -0.15) is 0 Å². The van der Waals surface area contributed by atoms with Crippen molar-refractivity contribution in [2.24, 2.45) is 0 Å². The van der Waals surface area contributed by atoms with Crippen molar-refractivity contribution in [2.75, 3.05) is 27.4 Å². The number of ether oxygens (including phenoxy) is 4. The molecule has 0 aromatic heterocycles. The van der Waals surface area contributed by atoms with E-state index < -0.39 is 24.5 Å². The van der Waals surface area contributed by atoms with Gasteiger partial charge in [0.25, 0.3) is 5.91 Å². The molecule has 0 aliphatic carbocycles. The van der Waals surface area contributed by atoms with E-state index in [-0.39, 0.29) is 12.1 Å². The van der Waals surface area contributed by atoms with Crippen LogP contribution in [-0.4, -0.2) is 45.3 Å². The topological polar surface area (TPSA) is 100 Å². The molecule has 8 heteroatoms. The average Bonchev–Trinajstić information content (AvgIpc) is 2.81. The van der Waals surface area contributed by atoms with Crippen LogP contribution in [0.2, 0.25) is 0 Å². The SMILES string of the molecule is CCCCOc1ccc(C(=O)OCC(=O)NCc2ccc(C(=O)OC)cc2)cc1OC. The average molecular weight is 429 g/mol. The van der Waals surface area contributed by atoms with Gasteiger partial charge in [0.05, 0.1) is 32.0 Å². The van der Waals surface area contributed by atoms with Crippen molar-refractivity contribution in [2.45, 2.75) is 26.3 Å². The molecule has 166 valence electrons. The van der Waals surface area contributed by atoms with E-state index in [0.29, 0.717) is 23.7 Å². The molecule has 2 rings (SSSR count). The molecule has 2 aromatic rings. The second kappa shape index (κ2) is 12.2. The summed E-state index contributed by atoms with van der Waals surface area (Å²) in [6.45, 7) is 2.43. The lowest BCUT2D eigenvalue weighted by Gasteiger charge is -2.12. The number of nitrogens with one attached hydrogen (secondary N) is 1. The van der Waals surface area contributed by atoms with Crippen LogP contribution in [0.1, 0.15) is 46.0 Å². The van der Waals surface area contributed by atoms with Gasteiger partial charge in [0, 0.05) is 6.54 Å². The number of hydrogen-bond donors (Lipinski definition) is 1. The second-order valence-corrected chi connectivity index (χ2v) is 6.61. The van der Waals surface area contributed by atoms with Crippen molar-refractivity contribution in [1.82, 2.24) is 5.32 Å². The quantitative estimate of drug-likeness (QED) is 0.433. The van der Waals surface area contributed by atoms with Crippen molar-refractivity contribution < 1.29 is 33.3 Å². The van der Waals surface area contributed by atoms with Gasteiger partial charge in [-0.05, 0) is 42.3 Å². The summed E-state index contributed by atoms with van der Waals surface area (Å²) >= 11 is 0. The van der Waals surface area contributed by atoms with Crippen LogP contribution >= 0.6 is 0 Å². The molecule has 0 aliphatic heterocycles. The summed E-state index contributed by atoms with van der Waals surface area (Å²) in [7, 11) is 2.80. The molecule has 1 amide bonds. The lowest BCUT2D eigenvalue weighted by atomic mass is 10.1. The number of rotatable bonds is 11. The maximum absolute atomic E-state index is 12.3. The summed E-state index contributed by atoms with van der Waals surface area (Å²) in [6.07, 6.45) is 1.92. The molecule has 0 bridgehead atoms. The summed E-state index contributed by atoms with van der Waals surface area (Å²) in [5, 5.41) is 2.65. The highest BCUT2D eigenvalue weighted by molar-refractivity contribution is 5.92. The summed E-state index contributed by atoms with van der Waals surface area (Å²) in [4.78, 5) is 35.7. The molecule has 8 nitrogen and oxygen atoms in total. The van der Waals surface area contributed by atoms with E-state index in [4.69, 9.17) is 14.2 Å². The molecule has 0 spiro atoms. The van der Waals surface area contributed by atoms with Gasteiger partial charge in [-0.3, -0.25) is 4.79 Å². The highest BCUT2D eigenvalue weighted by Crippen LogP contribution is 2.28. The first-order valence-corrected chi connectivity index (χ1v) is 9.90. The fourth-order valence-corrected chi connectivity index (χ4v) is 2.58. The molecule has 0 aliphatic rings. The van der Waals surface area contributed by atoms with E-state index in [1.807, 2.05) is 0 Å². The number of unbranched alkanes of at least 4 members (excludes halogenated alkanes) is 1. The molecular formula is C23H27NO7. The Hall–Kier alpha value is -3.55. The molecule has 0 atom stereocenters. The Labute approximate surface area is 181 Å². The zero-order chi connectivity index (χ0) is 22.6. The highest BCUT2D eigenvalue weighted by Gasteiger charge is 2.14. The Morgan fingerprint density at radius 1 is 0.903 bits per heavy atom. The third-order valence-electron chi connectivity index (χ3n) is 4.35. The van der Waals surface area contributed by atoms with Crippen LogP contribution in [0.5, 0.6) is 11.5 Å². The van der Waals surface area contributed by atoms with Gasteiger partial charge in [0.15, 0.2) is 18.1 Å². The van der Waals surface area contributed by atoms with Gasteiger partial charge < -0.3 is 24.3 Å². The molecule has 0 radical (unpaired) electrons. The Morgan fingerprint density at radius 3 is 2.26 bits per heavy atom. The van der Waals surface area contributed by atoms with Crippen LogP contribution in [0.3, 0.4) is 0 Å². The molecule has 2 aromatic carbocycles. The van der Waals surface area contributed by atoms with Crippen LogP contribution in [0.15, 0.2) is 42.5 Å². The van der Waals surface area contributed by atoms with Crippen LogP contribution in [0, 0.1) is 0 Å². The molecule has 31 heavy (non-hydrogen) atoms. The van der Waals surface area contributed by atoms with Crippen molar-refractivity contribution in [3.8, 4) is 11.5 Å². The van der Waals surface area contributed by atoms with E-state index in [1.54, 1.807) is 36.4 Å². The normalized spacial score (nSPS) is 10.2. The molecule has 0 saturated heterocycles. The maximum Gasteiger partial charge on any atom is 0.338 e. The number of carbonyl (C=O) groups excluding carboxylic acids is 3. The first-order chi connectivity index (χ1) is 15.0. The molecule has 0 heterocycles. The first kappa shape index (κ1) is 23.7. The largest absolute Gasteiger partial charge is 0.493 e. The lowest BCUT2D eigenvalue weighted by molar-refractivity contribution is -0.124. The smallest absolute Gasteiger partial charge is 0.338 e. The second-order valence-electron chi connectivity index (χ2n) is 6.61. The minimum Gasteiger partial charge on any atom is -0.493 e. The summed E-state index contributed by atoms with van der Waals surface area (Å²) in [5.41, 5.74) is 1.46. The minimum absolute atomic E-state index is 0.232. The fraction of sp³-hybridized carbons (Fsp3) is 0.348. The van der Waals surface area contributed by atoms with Gasteiger partial charge in [0.2, 0.25) is 0 Å². The van der Waals surface area contributed by atoms with E-state index in [2.05, 4.69) is 17.0 Å². The van der Waals surface area contributed by atoms with Crippen molar-refractivity contribution in [3.05, 3.63) is 59.2 Å². The molecule has 1 N–H and O–H groups in total. The van der Waals surface area contributed by atoms with Gasteiger partial charge in [-0.15, -0.1) is 0 Å². The number of methoxy groups -OCH3 is 2. The number of hydrogen-bond acceptors (Lipinski definition) is 7. The summed E-state index contributed by atoms with van der Waals surface area (Å²) in [5.74, 6) is -0.554. The minimum atomic E-state index is -0.643. The third-order valence-corrected chi connectivity index (χ3v) is 4.35. The molecule has 0 fully saturated rings. The maximum atomic E-state index is 12.3. The van der Waals surface area contributed by atoms with Crippen molar-refractivity contribution in [3.63, 3.8) is 0 Å². The number of benzene rings is 2. The molecule has 0 unspecified atom stereocenters.